The zero-order chi connectivity index (χ0) is 0. The molecule has 0 N–H and O–H groups in total. The van der Waals surface area contributed by atoms with Crippen LogP contribution in [0.2, 0.25) is 0 Å². The van der Waals surface area contributed by atoms with Crippen molar-refractivity contribution in [3.63, 3.8) is 0 Å². The Bertz CT molecular complexity index is 12.2. The van der Waals surface area contributed by atoms with Crippen LogP contribution < -0.4 is 0 Å². The van der Waals surface area contributed by atoms with Gasteiger partial charge in [-0.15, -0.1) is 0 Å². The second-order valence-electron chi connectivity index (χ2n) is 0. The van der Waals surface area contributed by atoms with Crippen LogP contribution in [0, 0.1) is 0 Å². The summed E-state index contributed by atoms with van der Waals surface area (Å²) < 4.78 is 0. The van der Waals surface area contributed by atoms with Gasteiger partial charge in [-0.2, -0.15) is 0 Å². The maximum absolute atomic E-state index is 0. The van der Waals surface area contributed by atoms with E-state index in [0.29, 0.717) is 0 Å². The maximum Gasteiger partial charge on any atom is 0 e. The van der Waals surface area contributed by atoms with E-state index in [0.717, 1.165) is 0 Å². The Balaban J connectivity index is 0. The van der Waals surface area contributed by atoms with Gasteiger partial charge >= 0.3 is 0 Å². The Hall–Kier alpha value is 3.80. The van der Waals surface area contributed by atoms with Crippen molar-refractivity contribution in [2.75, 3.05) is 0 Å². The normalized spacial score (nSPS) is 0. The molecule has 9 heteroatoms. The van der Waals surface area contributed by atoms with Gasteiger partial charge in [0.15, 0.2) is 0 Å². The van der Waals surface area contributed by atoms with Crippen molar-refractivity contribution in [2.24, 2.45) is 0 Å². The second-order valence-corrected chi connectivity index (χ2v) is 0. The number of hydrogen-bond donors (Lipinski definition) is 0. The van der Waals surface area contributed by atoms with Crippen molar-refractivity contribution in [1.82, 2.24) is 0 Å². The van der Waals surface area contributed by atoms with Gasteiger partial charge in [0, 0.05) is 67.7 Å². The summed E-state index contributed by atoms with van der Waals surface area (Å²) in [6.45, 7) is 0. The van der Waals surface area contributed by atoms with Gasteiger partial charge in [-0.25, -0.2) is 0 Å². The molecular weight excluding hydrogens is 387 g/mol. The first-order chi connectivity index (χ1) is 0. The molecule has 9 heavy (non-hydrogen) atoms. The van der Waals surface area contributed by atoms with Crippen LogP contribution in [0.3, 0.4) is 0 Å². The molecule has 0 nitrogen and oxygen atoms in total. The van der Waals surface area contributed by atoms with E-state index in [-0.39, 0.29) is 135 Å². The molecule has 0 aromatic rings. The Kier molecular flexibility index (Phi) is 1310. The standard InChI is InChI=1S/3Fe.Ni.5H2S/h;;;;5*1H2/p-1. The first kappa shape index (κ1) is 123. The molecule has 0 aliphatic heterocycles. The van der Waals surface area contributed by atoms with Crippen LogP contribution in [-0.2, 0) is 135 Å². The van der Waals surface area contributed by atoms with Gasteiger partial charge in [0.1, 0.15) is 0 Å². The Morgan fingerprint density at radius 1 is 0.444 bits per heavy atom. The van der Waals surface area contributed by atoms with Crippen LogP contribution in [0.5, 0.6) is 0 Å². The predicted molar refractivity (Wildman–Crippen MR) is 49.4 cm³/mol. The molecule has 0 amide bonds. The van der Waals surface area contributed by atoms with Gasteiger partial charge in [-0.3, -0.25) is 0 Å². The monoisotopic (exact) mass is 395 g/mol. The fourth-order valence-electron chi connectivity index (χ4n) is 0. The largest absolute Gasteiger partial charge is 0.813 e. The Morgan fingerprint density at radius 2 is 0.444 bits per heavy atom. The van der Waals surface area contributed by atoms with Crippen LogP contribution in [0.4, 0.5) is 0 Å². The first-order valence-electron chi connectivity index (χ1n) is 0. The summed E-state index contributed by atoms with van der Waals surface area (Å²) >= 11 is 0. The molecule has 0 aliphatic carbocycles. The quantitative estimate of drug-likeness (QED) is 0.194. The molecule has 0 fully saturated rings. The van der Waals surface area contributed by atoms with Crippen LogP contribution in [0.25, 0.3) is 0 Å². The molecule has 0 aromatic heterocycles. The van der Waals surface area contributed by atoms with Crippen molar-refractivity contribution >= 4 is 67.5 Å². The topological polar surface area (TPSA) is 0 Å². The fraction of sp³-hybridized carbons (Fsp3) is 0. The molecule has 0 rings (SSSR count). The maximum atomic E-state index is 0. The summed E-state index contributed by atoms with van der Waals surface area (Å²) in [5, 5.41) is 0. The fourth-order valence-corrected chi connectivity index (χ4v) is 0. The van der Waals surface area contributed by atoms with E-state index in [1.54, 1.807) is 0 Å². The molecule has 0 unspecified atom stereocenters. The third-order valence-corrected chi connectivity index (χ3v) is 0. The van der Waals surface area contributed by atoms with Crippen LogP contribution in [-0.4, -0.2) is 0 Å². The molecule has 0 heterocycles. The third kappa shape index (κ3) is 78.4. The molecule has 74 valence electrons. The molecule has 0 saturated heterocycles. The average Bonchev–Trinajstić information content (AvgIpc) is 0. The molecular formula is H9Fe3NiS5-. The molecule has 0 radical (unpaired) electrons. The first-order valence-corrected chi connectivity index (χ1v) is 0. The van der Waals surface area contributed by atoms with Gasteiger partial charge in [0.2, 0.25) is 0 Å². The minimum Gasteiger partial charge on any atom is -0.813 e. The minimum atomic E-state index is 0. The van der Waals surface area contributed by atoms with E-state index in [9.17, 15) is 0 Å². The van der Waals surface area contributed by atoms with Gasteiger partial charge in [0.25, 0.3) is 0 Å². The van der Waals surface area contributed by atoms with E-state index in [4.69, 9.17) is 0 Å². The van der Waals surface area contributed by atoms with Gasteiger partial charge in [0.05, 0.1) is 0 Å². The Morgan fingerprint density at radius 3 is 0.444 bits per heavy atom. The second kappa shape index (κ2) is 95.3. The van der Waals surface area contributed by atoms with E-state index in [2.05, 4.69) is 0 Å². The molecule has 0 atom stereocenters. The van der Waals surface area contributed by atoms with Crippen molar-refractivity contribution in [3.05, 3.63) is 0 Å². The van der Waals surface area contributed by atoms with Crippen molar-refractivity contribution in [1.29, 1.82) is 0 Å². The summed E-state index contributed by atoms with van der Waals surface area (Å²) in [5.41, 5.74) is 0. The van der Waals surface area contributed by atoms with Crippen molar-refractivity contribution < 1.29 is 67.7 Å². The molecule has 0 saturated carbocycles. The average molecular weight is 396 g/mol. The molecule has 0 aliphatic rings. The Labute approximate surface area is 133 Å². The summed E-state index contributed by atoms with van der Waals surface area (Å²) in [6.07, 6.45) is 0. The van der Waals surface area contributed by atoms with Gasteiger partial charge < -0.3 is 40.5 Å². The van der Waals surface area contributed by atoms with E-state index >= 15 is 0 Å². The number of thiol groups is 3. The van der Waals surface area contributed by atoms with Gasteiger partial charge in [-0.05, 0) is 0 Å². The smallest absolute Gasteiger partial charge is 0 e. The summed E-state index contributed by atoms with van der Waals surface area (Å²) in [4.78, 5) is 0. The van der Waals surface area contributed by atoms with E-state index < -0.39 is 0 Å². The van der Waals surface area contributed by atoms with Crippen molar-refractivity contribution in [2.45, 2.75) is 0 Å². The summed E-state index contributed by atoms with van der Waals surface area (Å²) in [6, 6.07) is 0. The zero-order valence-electron chi connectivity index (χ0n) is 3.87. The van der Waals surface area contributed by atoms with E-state index in [1.807, 2.05) is 0 Å². The number of rotatable bonds is 0. The van der Waals surface area contributed by atoms with Crippen LogP contribution in [0.1, 0.15) is 0 Å². The minimum absolute atomic E-state index is 0. The van der Waals surface area contributed by atoms with Crippen LogP contribution >= 0.6 is 0 Å². The zero-order valence-corrected chi connectivity index (χ0v) is 13.2. The van der Waals surface area contributed by atoms with E-state index in [1.165, 1.54) is 0 Å². The summed E-state index contributed by atoms with van der Waals surface area (Å²) in [5.74, 6) is 0. The van der Waals surface area contributed by atoms with Crippen LogP contribution in [0.15, 0.2) is 0 Å². The SMILES string of the molecule is [Fe].[Fe].[Fe].[Ni].[SH-].[SH-].[SH-].[SH3+].[SH3+]. The third-order valence-electron chi connectivity index (χ3n) is 0. The molecule has 0 spiro atoms. The summed E-state index contributed by atoms with van der Waals surface area (Å²) in [7, 11) is 0. The molecule has 0 aromatic carbocycles. The number of hydrogen-bond acceptors (Lipinski definition) is 3. The molecule has 0 bridgehead atoms. The van der Waals surface area contributed by atoms with Gasteiger partial charge in [-0.1, -0.05) is 27.0 Å². The van der Waals surface area contributed by atoms with Crippen molar-refractivity contribution in [3.8, 4) is 0 Å². The predicted octanol–water partition coefficient (Wildman–Crippen LogP) is -2.43.